The quantitative estimate of drug-likeness (QED) is 0.243. The summed E-state index contributed by atoms with van der Waals surface area (Å²) in [6.07, 6.45) is -2.25. The van der Waals surface area contributed by atoms with E-state index in [-0.39, 0.29) is 71.2 Å². The van der Waals surface area contributed by atoms with Gasteiger partial charge in [-0.05, 0) is 0 Å². The molecule has 1 aliphatic heterocycles. The first-order chi connectivity index (χ1) is 2.21. The smallest absolute Gasteiger partial charge is 1.00 e. The minimum Gasteiger partial charge on any atom is -1.00 e. The van der Waals surface area contributed by atoms with Crippen molar-refractivity contribution in [2.24, 2.45) is 0 Å². The van der Waals surface area contributed by atoms with E-state index >= 15 is 0 Å². The van der Waals surface area contributed by atoms with Crippen molar-refractivity contribution in [3.63, 3.8) is 0 Å². The van der Waals surface area contributed by atoms with Crippen molar-refractivity contribution in [2.45, 2.75) is 6.16 Å². The molecular weight excluding hydrogens is 279 g/mol. The standard InChI is InChI=1S/CH2O4.Ba.Zn.2H/c2-1(3)4-5-1;;;;/h2-3H;;;;/q;+2;;2*-1. The normalized spacial score (nSPS) is 21.4. The monoisotopic (exact) mass is 282 g/mol. The first-order valence-electron chi connectivity index (χ1n) is 1.02. The Labute approximate surface area is 95.9 Å². The summed E-state index contributed by atoms with van der Waals surface area (Å²) in [6.45, 7) is 0. The predicted molar refractivity (Wildman–Crippen MR) is 17.3 cm³/mol. The molecule has 1 heterocycles. The molecule has 0 aliphatic carbocycles. The second-order valence-corrected chi connectivity index (χ2v) is 0.715. The Balaban J connectivity index is -0.0000000312. The van der Waals surface area contributed by atoms with Crippen LogP contribution in [0.15, 0.2) is 0 Å². The van der Waals surface area contributed by atoms with E-state index in [0.717, 1.165) is 0 Å². The van der Waals surface area contributed by atoms with Crippen LogP contribution in [0.3, 0.4) is 0 Å². The van der Waals surface area contributed by atoms with Gasteiger partial charge in [0, 0.05) is 19.5 Å². The van der Waals surface area contributed by atoms with E-state index in [2.05, 4.69) is 9.78 Å². The van der Waals surface area contributed by atoms with E-state index in [1.54, 1.807) is 0 Å². The first-order valence-corrected chi connectivity index (χ1v) is 1.02. The van der Waals surface area contributed by atoms with Gasteiger partial charge < -0.3 is 13.1 Å². The van der Waals surface area contributed by atoms with Crippen LogP contribution in [0.25, 0.3) is 0 Å². The fourth-order valence-corrected chi connectivity index (χ4v) is 0.0373. The average Bonchev–Trinajstić information content (AvgIpc) is 1.76. The van der Waals surface area contributed by atoms with Crippen LogP contribution >= 0.6 is 0 Å². The fraction of sp³-hybridized carbons (Fsp3) is 1.00. The van der Waals surface area contributed by atoms with Gasteiger partial charge in [0.2, 0.25) is 0 Å². The van der Waals surface area contributed by atoms with Crippen LogP contribution < -0.4 is 0 Å². The minimum atomic E-state index is -2.25. The van der Waals surface area contributed by atoms with Crippen LogP contribution in [-0.2, 0) is 29.3 Å². The number of rotatable bonds is 0. The maximum atomic E-state index is 7.74. The molecule has 0 amide bonds. The van der Waals surface area contributed by atoms with Crippen LogP contribution in [0.2, 0.25) is 0 Å². The van der Waals surface area contributed by atoms with Gasteiger partial charge in [-0.25, -0.2) is 0 Å². The molecule has 4 nitrogen and oxygen atoms in total. The zero-order chi connectivity index (χ0) is 3.91. The van der Waals surface area contributed by atoms with Crippen molar-refractivity contribution < 1.29 is 42.3 Å². The average molecular weight is 283 g/mol. The Kier molecular flexibility index (Phi) is 6.65. The molecule has 0 radical (unpaired) electrons. The molecule has 0 atom stereocenters. The molecule has 0 bridgehead atoms. The first kappa shape index (κ1) is 11.8. The van der Waals surface area contributed by atoms with Crippen molar-refractivity contribution in [1.82, 2.24) is 0 Å². The van der Waals surface area contributed by atoms with Gasteiger partial charge in [0.25, 0.3) is 0 Å². The SMILES string of the molecule is OC1(O)OO1.[Ba+2].[H-].[H-].[Zn]. The van der Waals surface area contributed by atoms with Crippen LogP contribution in [0.1, 0.15) is 2.85 Å². The zero-order valence-electron chi connectivity index (χ0n) is 5.63. The third-order valence-electron chi connectivity index (χ3n) is 0.232. The van der Waals surface area contributed by atoms with E-state index in [9.17, 15) is 0 Å². The third kappa shape index (κ3) is 5.91. The number of aliphatic hydroxyl groups is 2. The number of hydrogen-bond donors (Lipinski definition) is 2. The van der Waals surface area contributed by atoms with E-state index in [1.807, 2.05) is 0 Å². The van der Waals surface area contributed by atoms with Gasteiger partial charge in [-0.1, -0.05) is 0 Å². The molecule has 0 saturated carbocycles. The molecule has 1 aliphatic rings. The van der Waals surface area contributed by atoms with Crippen LogP contribution in [0.4, 0.5) is 0 Å². The van der Waals surface area contributed by atoms with E-state index < -0.39 is 6.16 Å². The summed E-state index contributed by atoms with van der Waals surface area (Å²) in [6, 6.07) is 0. The molecule has 0 unspecified atom stereocenters. The zero-order valence-corrected chi connectivity index (χ0v) is 11.0. The van der Waals surface area contributed by atoms with Gasteiger partial charge in [-0.15, -0.1) is 9.78 Å². The van der Waals surface area contributed by atoms with Crippen molar-refractivity contribution in [2.75, 3.05) is 0 Å². The van der Waals surface area contributed by atoms with Crippen LogP contribution in [0.5, 0.6) is 0 Å². The van der Waals surface area contributed by atoms with Gasteiger partial charge in [-0.2, -0.15) is 0 Å². The molecular formula is CH4BaO4Zn. The molecule has 1 fully saturated rings. The summed E-state index contributed by atoms with van der Waals surface area (Å²) in [7, 11) is 0. The van der Waals surface area contributed by atoms with E-state index in [0.29, 0.717) is 0 Å². The van der Waals surface area contributed by atoms with Crippen LogP contribution in [-0.4, -0.2) is 65.3 Å². The maximum Gasteiger partial charge on any atom is 2.00 e. The minimum absolute atomic E-state index is 0. The number of hydrogen-bond acceptors (Lipinski definition) is 4. The van der Waals surface area contributed by atoms with E-state index in [1.165, 1.54) is 0 Å². The Bertz CT molecular complexity index is 56.5. The van der Waals surface area contributed by atoms with Gasteiger partial charge in [0.05, 0.1) is 0 Å². The summed E-state index contributed by atoms with van der Waals surface area (Å²) in [4.78, 5) is 7.01. The summed E-state index contributed by atoms with van der Waals surface area (Å²) in [5.74, 6) is 0. The van der Waals surface area contributed by atoms with Gasteiger partial charge in [0.15, 0.2) is 0 Å². The summed E-state index contributed by atoms with van der Waals surface area (Å²) < 4.78 is 0. The summed E-state index contributed by atoms with van der Waals surface area (Å²) >= 11 is 0. The molecule has 0 aromatic rings. The van der Waals surface area contributed by atoms with E-state index in [4.69, 9.17) is 10.2 Å². The molecule has 1 saturated heterocycles. The second-order valence-electron chi connectivity index (χ2n) is 0.715. The Morgan fingerprint density at radius 3 is 1.43 bits per heavy atom. The van der Waals surface area contributed by atoms with Crippen molar-refractivity contribution in [1.29, 1.82) is 0 Å². The molecule has 7 heavy (non-hydrogen) atoms. The fourth-order valence-electron chi connectivity index (χ4n) is 0.0373. The van der Waals surface area contributed by atoms with Gasteiger partial charge in [-0.3, -0.25) is 0 Å². The van der Waals surface area contributed by atoms with Crippen molar-refractivity contribution in [3.8, 4) is 0 Å². The molecule has 2 N–H and O–H groups in total. The topological polar surface area (TPSA) is 65.5 Å². The molecule has 1 rings (SSSR count). The molecule has 36 valence electrons. The Hall–Kier alpha value is 2.03. The maximum absolute atomic E-state index is 7.74. The molecule has 0 aromatic heterocycles. The van der Waals surface area contributed by atoms with Crippen molar-refractivity contribution >= 4 is 48.9 Å². The third-order valence-corrected chi connectivity index (χ3v) is 0.232. The summed E-state index contributed by atoms with van der Waals surface area (Å²) in [5, 5.41) is 15.5. The second kappa shape index (κ2) is 3.95. The Morgan fingerprint density at radius 1 is 1.29 bits per heavy atom. The van der Waals surface area contributed by atoms with Crippen LogP contribution in [0, 0.1) is 0 Å². The van der Waals surface area contributed by atoms with Gasteiger partial charge >= 0.3 is 55.0 Å². The predicted octanol–water partition coefficient (Wildman–Crippen LogP) is -1.61. The van der Waals surface area contributed by atoms with Crippen molar-refractivity contribution in [3.05, 3.63) is 0 Å². The summed E-state index contributed by atoms with van der Waals surface area (Å²) in [5.41, 5.74) is 0. The molecule has 6 heteroatoms. The Morgan fingerprint density at radius 2 is 1.43 bits per heavy atom. The molecule has 0 aromatic carbocycles. The van der Waals surface area contributed by atoms with Gasteiger partial charge in [0.1, 0.15) is 0 Å². The molecule has 0 spiro atoms. The largest absolute Gasteiger partial charge is 2.00 e.